The van der Waals surface area contributed by atoms with Gasteiger partial charge in [-0.05, 0) is 12.5 Å². The third-order valence-electron chi connectivity index (χ3n) is 1.84. The molecule has 2 rings (SSSR count). The first-order valence-electron chi connectivity index (χ1n) is 3.51. The molecule has 0 radical (unpaired) electrons. The maximum absolute atomic E-state index is 5.64. The highest BCUT2D eigenvalue weighted by Gasteiger charge is 2.13. The summed E-state index contributed by atoms with van der Waals surface area (Å²) in [5, 5.41) is 3.14. The van der Waals surface area contributed by atoms with Gasteiger partial charge < -0.3 is 16.0 Å². The van der Waals surface area contributed by atoms with Crippen LogP contribution >= 0.6 is 0 Å². The van der Waals surface area contributed by atoms with Crippen LogP contribution in [-0.2, 0) is 0 Å². The van der Waals surface area contributed by atoms with Crippen LogP contribution in [0.5, 0.6) is 0 Å². The van der Waals surface area contributed by atoms with E-state index in [-0.39, 0.29) is 0 Å². The Morgan fingerprint density at radius 1 is 1.64 bits per heavy atom. The van der Waals surface area contributed by atoms with Crippen molar-refractivity contribution in [3.8, 4) is 0 Å². The zero-order valence-corrected chi connectivity index (χ0v) is 6.31. The minimum atomic E-state index is 0.581. The van der Waals surface area contributed by atoms with Crippen molar-refractivity contribution < 1.29 is 0 Å². The Bertz CT molecular complexity index is 310. The quantitative estimate of drug-likeness (QED) is 0.501. The minimum absolute atomic E-state index is 0.581. The summed E-state index contributed by atoms with van der Waals surface area (Å²) in [5.41, 5.74) is 8.81. The van der Waals surface area contributed by atoms with E-state index in [1.54, 1.807) is 0 Å². The number of rotatable bonds is 0. The van der Waals surface area contributed by atoms with Gasteiger partial charge in [-0.25, -0.2) is 4.99 Å². The lowest BCUT2D eigenvalue weighted by Gasteiger charge is -2.11. The molecule has 0 atom stereocenters. The topological polar surface area (TPSA) is 66.2 Å². The molecule has 4 heteroatoms. The summed E-state index contributed by atoms with van der Waals surface area (Å²) in [6.07, 6.45) is 1.92. The average Bonchev–Trinajstić information content (AvgIpc) is 2.35. The van der Waals surface area contributed by atoms with Crippen LogP contribution < -0.4 is 11.1 Å². The highest BCUT2D eigenvalue weighted by Crippen LogP contribution is 2.21. The van der Waals surface area contributed by atoms with Gasteiger partial charge in [0.2, 0.25) is 0 Å². The van der Waals surface area contributed by atoms with Crippen molar-refractivity contribution in [1.29, 1.82) is 0 Å². The molecule has 58 valence electrons. The number of hydrogen-bond donors (Lipinski definition) is 3. The summed E-state index contributed by atoms with van der Waals surface area (Å²) < 4.78 is 0. The van der Waals surface area contributed by atoms with Gasteiger partial charge in [-0.1, -0.05) is 0 Å². The first kappa shape index (κ1) is 6.27. The number of hydrogen-bond acceptors (Lipinski definition) is 3. The molecule has 0 saturated carbocycles. The minimum Gasteiger partial charge on any atom is -0.382 e. The van der Waals surface area contributed by atoms with E-state index in [9.17, 15) is 0 Å². The SMILES string of the molecule is Cc1c[nH]c2c1NCN=C2N. The summed E-state index contributed by atoms with van der Waals surface area (Å²) in [5.74, 6) is 0.590. The number of nitrogens with two attached hydrogens (primary N) is 1. The van der Waals surface area contributed by atoms with Crippen LogP contribution in [0.25, 0.3) is 0 Å². The Labute approximate surface area is 64.5 Å². The standard InChI is InChI=1S/C7H10N4/c1-4-2-9-6-5(4)10-3-11-7(6)8/h2,9-10H,3H2,1H3,(H2,8,11). The van der Waals surface area contributed by atoms with Crippen molar-refractivity contribution >= 4 is 11.5 Å². The molecule has 0 amide bonds. The zero-order chi connectivity index (χ0) is 7.84. The number of anilines is 1. The molecule has 4 N–H and O–H groups in total. The third-order valence-corrected chi connectivity index (χ3v) is 1.84. The van der Waals surface area contributed by atoms with Crippen LogP contribution in [0.1, 0.15) is 11.3 Å². The number of H-pyrrole nitrogens is 1. The fourth-order valence-corrected chi connectivity index (χ4v) is 1.23. The van der Waals surface area contributed by atoms with E-state index in [4.69, 9.17) is 5.73 Å². The van der Waals surface area contributed by atoms with E-state index >= 15 is 0 Å². The van der Waals surface area contributed by atoms with Crippen LogP contribution in [-0.4, -0.2) is 17.5 Å². The van der Waals surface area contributed by atoms with E-state index in [1.807, 2.05) is 13.1 Å². The van der Waals surface area contributed by atoms with E-state index < -0.39 is 0 Å². The molecule has 11 heavy (non-hydrogen) atoms. The van der Waals surface area contributed by atoms with Crippen molar-refractivity contribution in [1.82, 2.24) is 4.98 Å². The van der Waals surface area contributed by atoms with Gasteiger partial charge in [0.15, 0.2) is 0 Å². The third kappa shape index (κ3) is 0.790. The largest absolute Gasteiger partial charge is 0.382 e. The number of aromatic nitrogens is 1. The molecule has 4 nitrogen and oxygen atoms in total. The Morgan fingerprint density at radius 3 is 3.18 bits per heavy atom. The summed E-state index contributed by atoms with van der Waals surface area (Å²) in [6.45, 7) is 2.61. The smallest absolute Gasteiger partial charge is 0.146 e. The van der Waals surface area contributed by atoms with Gasteiger partial charge >= 0.3 is 0 Å². The molecular weight excluding hydrogens is 140 g/mol. The second-order valence-electron chi connectivity index (χ2n) is 2.60. The number of fused-ring (bicyclic) bond motifs is 1. The predicted octanol–water partition coefficient (Wildman–Crippen LogP) is 0.411. The lowest BCUT2D eigenvalue weighted by molar-refractivity contribution is 1.09. The molecule has 1 aliphatic heterocycles. The number of aryl methyl sites for hydroxylation is 1. The Balaban J connectivity index is 2.58. The van der Waals surface area contributed by atoms with Crippen molar-refractivity contribution in [2.45, 2.75) is 6.92 Å². The molecule has 0 fully saturated rings. The van der Waals surface area contributed by atoms with Crippen LogP contribution in [0, 0.1) is 6.92 Å². The summed E-state index contributed by atoms with van der Waals surface area (Å²) in [4.78, 5) is 7.09. The Morgan fingerprint density at radius 2 is 2.45 bits per heavy atom. The molecule has 2 heterocycles. The monoisotopic (exact) mass is 150 g/mol. The van der Waals surface area contributed by atoms with Crippen molar-refractivity contribution in [2.24, 2.45) is 10.7 Å². The molecule has 0 saturated heterocycles. The van der Waals surface area contributed by atoms with Gasteiger partial charge in [0, 0.05) is 6.20 Å². The van der Waals surface area contributed by atoms with E-state index in [1.165, 1.54) is 5.56 Å². The van der Waals surface area contributed by atoms with Gasteiger partial charge in [-0.15, -0.1) is 0 Å². The van der Waals surface area contributed by atoms with Gasteiger partial charge in [-0.2, -0.15) is 0 Å². The fraction of sp³-hybridized carbons (Fsp3) is 0.286. The molecule has 0 aliphatic carbocycles. The van der Waals surface area contributed by atoms with Crippen molar-refractivity contribution in [2.75, 3.05) is 12.0 Å². The van der Waals surface area contributed by atoms with Crippen LogP contribution in [0.2, 0.25) is 0 Å². The summed E-state index contributed by atoms with van der Waals surface area (Å²) in [6, 6.07) is 0. The first-order chi connectivity index (χ1) is 5.29. The number of nitrogens with zero attached hydrogens (tertiary/aromatic N) is 1. The summed E-state index contributed by atoms with van der Waals surface area (Å²) >= 11 is 0. The van der Waals surface area contributed by atoms with Gasteiger partial charge in [0.25, 0.3) is 0 Å². The maximum Gasteiger partial charge on any atom is 0.146 e. The number of aromatic amines is 1. The Kier molecular flexibility index (Phi) is 1.15. The van der Waals surface area contributed by atoms with Gasteiger partial charge in [0.1, 0.15) is 18.2 Å². The van der Waals surface area contributed by atoms with E-state index in [2.05, 4.69) is 15.3 Å². The number of amidine groups is 1. The van der Waals surface area contributed by atoms with Crippen molar-refractivity contribution in [3.05, 3.63) is 17.5 Å². The normalized spacial score (nSPS) is 15.2. The lowest BCUT2D eigenvalue weighted by Crippen LogP contribution is -2.22. The zero-order valence-electron chi connectivity index (χ0n) is 6.31. The molecule has 1 aromatic heterocycles. The summed E-state index contributed by atoms with van der Waals surface area (Å²) in [7, 11) is 0. The molecule has 0 unspecified atom stereocenters. The predicted molar refractivity (Wildman–Crippen MR) is 44.7 cm³/mol. The number of aliphatic imine (C=N–C) groups is 1. The highest BCUT2D eigenvalue weighted by molar-refractivity contribution is 6.02. The molecule has 1 aliphatic rings. The van der Waals surface area contributed by atoms with Crippen LogP contribution in [0.15, 0.2) is 11.2 Å². The molecule has 0 aromatic carbocycles. The average molecular weight is 150 g/mol. The molecule has 0 spiro atoms. The molecule has 0 bridgehead atoms. The van der Waals surface area contributed by atoms with Crippen LogP contribution in [0.4, 0.5) is 5.69 Å². The van der Waals surface area contributed by atoms with Crippen LogP contribution in [0.3, 0.4) is 0 Å². The van der Waals surface area contributed by atoms with Gasteiger partial charge in [0.05, 0.1) is 5.69 Å². The van der Waals surface area contributed by atoms with Gasteiger partial charge in [-0.3, -0.25) is 0 Å². The molecule has 1 aromatic rings. The number of nitrogens with one attached hydrogen (secondary N) is 2. The second-order valence-corrected chi connectivity index (χ2v) is 2.60. The van der Waals surface area contributed by atoms with E-state index in [0.717, 1.165) is 11.4 Å². The van der Waals surface area contributed by atoms with Crippen molar-refractivity contribution in [3.63, 3.8) is 0 Å². The second kappa shape index (κ2) is 2.02. The molecular formula is C7H10N4. The van der Waals surface area contributed by atoms with E-state index in [0.29, 0.717) is 12.5 Å². The first-order valence-corrected chi connectivity index (χ1v) is 3.51. The lowest BCUT2D eigenvalue weighted by atomic mass is 10.2. The highest BCUT2D eigenvalue weighted by atomic mass is 15.1. The fourth-order valence-electron chi connectivity index (χ4n) is 1.23. The Hall–Kier alpha value is -1.45. The maximum atomic E-state index is 5.64.